The molecule has 1 atom stereocenters. The lowest BCUT2D eigenvalue weighted by Gasteiger charge is -2.32. The number of nitrogens with one attached hydrogen (secondary N) is 1. The second-order valence-corrected chi connectivity index (χ2v) is 6.13. The zero-order chi connectivity index (χ0) is 15.1. The van der Waals surface area contributed by atoms with Gasteiger partial charge in [-0.3, -0.25) is 4.79 Å². The fourth-order valence-electron chi connectivity index (χ4n) is 2.88. The van der Waals surface area contributed by atoms with E-state index < -0.39 is 0 Å². The SMILES string of the molecule is NCCC1CCCN(CCC(=O)Nc2cccc(Cl)c2)C1. The minimum atomic E-state index is 0.0400. The van der Waals surface area contributed by atoms with Gasteiger partial charge in [-0.05, 0) is 56.5 Å². The van der Waals surface area contributed by atoms with Gasteiger partial charge in [0.25, 0.3) is 0 Å². The number of carbonyl (C=O) groups is 1. The number of nitrogens with zero attached hydrogens (tertiary/aromatic N) is 1. The van der Waals surface area contributed by atoms with E-state index in [0.29, 0.717) is 17.4 Å². The van der Waals surface area contributed by atoms with Crippen molar-refractivity contribution in [2.75, 3.05) is 31.5 Å². The maximum Gasteiger partial charge on any atom is 0.225 e. The molecule has 0 saturated carbocycles. The van der Waals surface area contributed by atoms with Crippen molar-refractivity contribution in [1.82, 2.24) is 4.90 Å². The topological polar surface area (TPSA) is 58.4 Å². The fourth-order valence-corrected chi connectivity index (χ4v) is 3.07. The van der Waals surface area contributed by atoms with Crippen LogP contribution in [0.15, 0.2) is 24.3 Å². The summed E-state index contributed by atoms with van der Waals surface area (Å²) in [6, 6.07) is 7.24. The molecule has 116 valence electrons. The van der Waals surface area contributed by atoms with Crippen molar-refractivity contribution < 1.29 is 4.79 Å². The van der Waals surface area contributed by atoms with Crippen LogP contribution in [0.1, 0.15) is 25.7 Å². The van der Waals surface area contributed by atoms with Crippen molar-refractivity contribution >= 4 is 23.2 Å². The number of anilines is 1. The molecular formula is C16H24ClN3O. The smallest absolute Gasteiger partial charge is 0.225 e. The van der Waals surface area contributed by atoms with E-state index in [9.17, 15) is 4.79 Å². The summed E-state index contributed by atoms with van der Waals surface area (Å²) < 4.78 is 0. The van der Waals surface area contributed by atoms with E-state index in [0.717, 1.165) is 38.3 Å². The minimum absolute atomic E-state index is 0.0400. The molecular weight excluding hydrogens is 286 g/mol. The Balaban J connectivity index is 1.73. The predicted molar refractivity (Wildman–Crippen MR) is 87.5 cm³/mol. The van der Waals surface area contributed by atoms with Crippen LogP contribution in [-0.4, -0.2) is 37.0 Å². The number of piperidine rings is 1. The van der Waals surface area contributed by atoms with Gasteiger partial charge in [0.2, 0.25) is 5.91 Å². The van der Waals surface area contributed by atoms with Gasteiger partial charge >= 0.3 is 0 Å². The van der Waals surface area contributed by atoms with Gasteiger partial charge < -0.3 is 16.0 Å². The molecule has 1 aliphatic rings. The van der Waals surface area contributed by atoms with Crippen molar-refractivity contribution in [2.45, 2.75) is 25.7 Å². The summed E-state index contributed by atoms with van der Waals surface area (Å²) >= 11 is 5.90. The van der Waals surface area contributed by atoms with Crippen LogP contribution in [0.4, 0.5) is 5.69 Å². The van der Waals surface area contributed by atoms with Crippen LogP contribution in [0.3, 0.4) is 0 Å². The van der Waals surface area contributed by atoms with Crippen LogP contribution in [-0.2, 0) is 4.79 Å². The van der Waals surface area contributed by atoms with Crippen LogP contribution < -0.4 is 11.1 Å². The Morgan fingerprint density at radius 1 is 1.48 bits per heavy atom. The molecule has 21 heavy (non-hydrogen) atoms. The van der Waals surface area contributed by atoms with E-state index in [4.69, 9.17) is 17.3 Å². The highest BCUT2D eigenvalue weighted by Crippen LogP contribution is 2.19. The summed E-state index contributed by atoms with van der Waals surface area (Å²) in [6.07, 6.45) is 4.08. The van der Waals surface area contributed by atoms with E-state index in [1.165, 1.54) is 12.8 Å². The Morgan fingerprint density at radius 3 is 3.10 bits per heavy atom. The average molecular weight is 310 g/mol. The third-order valence-corrected chi connectivity index (χ3v) is 4.18. The summed E-state index contributed by atoms with van der Waals surface area (Å²) in [5.74, 6) is 0.734. The first kappa shape index (κ1) is 16.3. The van der Waals surface area contributed by atoms with Crippen molar-refractivity contribution in [3.63, 3.8) is 0 Å². The highest BCUT2D eigenvalue weighted by atomic mass is 35.5. The summed E-state index contributed by atoms with van der Waals surface area (Å²) in [7, 11) is 0. The first-order valence-electron chi connectivity index (χ1n) is 7.65. The molecule has 0 radical (unpaired) electrons. The monoisotopic (exact) mass is 309 g/mol. The number of amides is 1. The molecule has 0 aromatic heterocycles. The second kappa shape index (κ2) is 8.37. The highest BCUT2D eigenvalue weighted by Gasteiger charge is 2.19. The van der Waals surface area contributed by atoms with Crippen LogP contribution in [0.25, 0.3) is 0 Å². The van der Waals surface area contributed by atoms with E-state index in [1.807, 2.05) is 12.1 Å². The Morgan fingerprint density at radius 2 is 2.33 bits per heavy atom. The molecule has 4 nitrogen and oxygen atoms in total. The quantitative estimate of drug-likeness (QED) is 0.849. The number of halogens is 1. The summed E-state index contributed by atoms with van der Waals surface area (Å²) in [5, 5.41) is 3.52. The number of benzene rings is 1. The minimum Gasteiger partial charge on any atom is -0.330 e. The summed E-state index contributed by atoms with van der Waals surface area (Å²) in [5.41, 5.74) is 6.39. The Hall–Kier alpha value is -1.10. The molecule has 1 fully saturated rings. The average Bonchev–Trinajstić information content (AvgIpc) is 2.46. The lowest BCUT2D eigenvalue weighted by atomic mass is 9.95. The molecule has 0 spiro atoms. The normalized spacial score (nSPS) is 19.4. The predicted octanol–water partition coefficient (Wildman–Crippen LogP) is 2.73. The number of hydrogen-bond donors (Lipinski definition) is 2. The molecule has 2 rings (SSSR count). The largest absolute Gasteiger partial charge is 0.330 e. The molecule has 1 aromatic rings. The van der Waals surface area contributed by atoms with Crippen LogP contribution in [0.5, 0.6) is 0 Å². The zero-order valence-corrected chi connectivity index (χ0v) is 13.1. The van der Waals surface area contributed by atoms with Gasteiger partial charge in [-0.2, -0.15) is 0 Å². The number of carbonyl (C=O) groups excluding carboxylic acids is 1. The van der Waals surface area contributed by atoms with Crippen LogP contribution >= 0.6 is 11.6 Å². The lowest BCUT2D eigenvalue weighted by Crippen LogP contribution is -2.37. The summed E-state index contributed by atoms with van der Waals surface area (Å²) in [6.45, 7) is 3.73. The molecule has 1 amide bonds. The number of likely N-dealkylation sites (tertiary alicyclic amines) is 1. The molecule has 0 aliphatic carbocycles. The third kappa shape index (κ3) is 5.65. The molecule has 0 bridgehead atoms. The zero-order valence-electron chi connectivity index (χ0n) is 12.4. The van der Waals surface area contributed by atoms with Gasteiger partial charge in [-0.15, -0.1) is 0 Å². The summed E-state index contributed by atoms with van der Waals surface area (Å²) in [4.78, 5) is 14.3. The molecule has 5 heteroatoms. The van der Waals surface area contributed by atoms with Gasteiger partial charge in [-0.25, -0.2) is 0 Å². The Bertz CT molecular complexity index is 465. The van der Waals surface area contributed by atoms with Gasteiger partial charge in [0, 0.05) is 30.2 Å². The van der Waals surface area contributed by atoms with Crippen molar-refractivity contribution in [3.05, 3.63) is 29.3 Å². The van der Waals surface area contributed by atoms with Crippen LogP contribution in [0, 0.1) is 5.92 Å². The van der Waals surface area contributed by atoms with Crippen molar-refractivity contribution in [2.24, 2.45) is 11.7 Å². The van der Waals surface area contributed by atoms with E-state index in [2.05, 4.69) is 10.2 Å². The van der Waals surface area contributed by atoms with Gasteiger partial charge in [0.1, 0.15) is 0 Å². The number of rotatable bonds is 6. The Labute approximate surface area is 131 Å². The Kier molecular flexibility index (Phi) is 6.49. The molecule has 1 saturated heterocycles. The van der Waals surface area contributed by atoms with E-state index >= 15 is 0 Å². The first-order valence-corrected chi connectivity index (χ1v) is 8.03. The second-order valence-electron chi connectivity index (χ2n) is 5.69. The molecule has 1 aromatic carbocycles. The van der Waals surface area contributed by atoms with Crippen LogP contribution in [0.2, 0.25) is 5.02 Å². The van der Waals surface area contributed by atoms with Crippen molar-refractivity contribution in [3.8, 4) is 0 Å². The molecule has 3 N–H and O–H groups in total. The van der Waals surface area contributed by atoms with Gasteiger partial charge in [-0.1, -0.05) is 17.7 Å². The maximum absolute atomic E-state index is 12.0. The number of hydrogen-bond acceptors (Lipinski definition) is 3. The van der Waals surface area contributed by atoms with Gasteiger partial charge in [0.15, 0.2) is 0 Å². The van der Waals surface area contributed by atoms with Gasteiger partial charge in [0.05, 0.1) is 0 Å². The highest BCUT2D eigenvalue weighted by molar-refractivity contribution is 6.30. The third-order valence-electron chi connectivity index (χ3n) is 3.94. The molecule has 1 unspecified atom stereocenters. The lowest BCUT2D eigenvalue weighted by molar-refractivity contribution is -0.116. The maximum atomic E-state index is 12.0. The first-order chi connectivity index (χ1) is 10.2. The molecule has 1 aliphatic heterocycles. The molecule has 1 heterocycles. The van der Waals surface area contributed by atoms with E-state index in [-0.39, 0.29) is 5.91 Å². The number of nitrogens with two attached hydrogens (primary N) is 1. The van der Waals surface area contributed by atoms with E-state index in [1.54, 1.807) is 12.1 Å². The van der Waals surface area contributed by atoms with Crippen molar-refractivity contribution in [1.29, 1.82) is 0 Å². The standard InChI is InChI=1S/C16H24ClN3O/c17-14-4-1-5-15(11-14)19-16(21)7-10-20-9-2-3-13(12-20)6-8-18/h1,4-5,11,13H,2-3,6-10,12,18H2,(H,19,21). The fraction of sp³-hybridized carbons (Fsp3) is 0.562.